The molecule has 0 aromatic heterocycles. The normalized spacial score (nSPS) is 25.8. The van der Waals surface area contributed by atoms with Crippen molar-refractivity contribution in [3.8, 4) is 0 Å². The van der Waals surface area contributed by atoms with Crippen molar-refractivity contribution in [3.63, 3.8) is 0 Å². The van der Waals surface area contributed by atoms with E-state index in [1.165, 1.54) is 25.7 Å². The molecule has 0 aromatic carbocycles. The first-order valence-corrected chi connectivity index (χ1v) is 6.58. The molecule has 0 aliphatic heterocycles. The second kappa shape index (κ2) is 6.89. The van der Waals surface area contributed by atoms with Crippen molar-refractivity contribution in [1.29, 1.82) is 0 Å². The summed E-state index contributed by atoms with van der Waals surface area (Å²) in [5, 5.41) is 2.99. The van der Waals surface area contributed by atoms with Gasteiger partial charge in [-0.15, -0.1) is 0 Å². The van der Waals surface area contributed by atoms with Gasteiger partial charge < -0.3 is 11.1 Å². The van der Waals surface area contributed by atoms with Gasteiger partial charge in [0.15, 0.2) is 0 Å². The summed E-state index contributed by atoms with van der Waals surface area (Å²) in [6, 6.07) is 0. The van der Waals surface area contributed by atoms with Gasteiger partial charge in [-0.05, 0) is 50.0 Å². The predicted octanol–water partition coefficient (Wildman–Crippen LogP) is 1.91. The Kier molecular flexibility index (Phi) is 5.81. The van der Waals surface area contributed by atoms with Crippen LogP contribution < -0.4 is 11.1 Å². The van der Waals surface area contributed by atoms with Crippen molar-refractivity contribution in [2.45, 2.75) is 46.0 Å². The summed E-state index contributed by atoms with van der Waals surface area (Å²) in [5.41, 5.74) is 5.65. The van der Waals surface area contributed by atoms with Crippen molar-refractivity contribution < 1.29 is 4.79 Å². The van der Waals surface area contributed by atoms with E-state index in [0.29, 0.717) is 24.2 Å². The van der Waals surface area contributed by atoms with Crippen LogP contribution in [0.3, 0.4) is 0 Å². The summed E-state index contributed by atoms with van der Waals surface area (Å²) in [7, 11) is 0. The largest absolute Gasteiger partial charge is 0.356 e. The van der Waals surface area contributed by atoms with E-state index in [1.54, 1.807) is 0 Å². The van der Waals surface area contributed by atoms with Crippen LogP contribution in [0.2, 0.25) is 0 Å². The monoisotopic (exact) mass is 226 g/mol. The lowest BCUT2D eigenvalue weighted by molar-refractivity contribution is -0.122. The van der Waals surface area contributed by atoms with Gasteiger partial charge in [0.25, 0.3) is 0 Å². The minimum absolute atomic E-state index is 0.227. The summed E-state index contributed by atoms with van der Waals surface area (Å²) in [6.07, 6.45) is 5.48. The highest BCUT2D eigenvalue weighted by molar-refractivity contribution is 5.76. The Morgan fingerprint density at radius 1 is 1.25 bits per heavy atom. The van der Waals surface area contributed by atoms with Crippen molar-refractivity contribution >= 4 is 5.91 Å². The Bertz CT molecular complexity index is 208. The van der Waals surface area contributed by atoms with E-state index >= 15 is 0 Å². The van der Waals surface area contributed by atoms with Crippen molar-refractivity contribution in [2.75, 3.05) is 13.1 Å². The fourth-order valence-electron chi connectivity index (χ4n) is 2.32. The predicted molar refractivity (Wildman–Crippen MR) is 67.0 cm³/mol. The molecule has 1 fully saturated rings. The molecule has 16 heavy (non-hydrogen) atoms. The summed E-state index contributed by atoms with van der Waals surface area (Å²) in [4.78, 5) is 11.6. The standard InChI is InChI=1S/C13H26N2O/c1-10(2)9-15-13(16)7-11-3-5-12(8-14)6-4-11/h10-12H,3-9,14H2,1-2H3,(H,15,16). The quantitative estimate of drug-likeness (QED) is 0.752. The lowest BCUT2D eigenvalue weighted by Crippen LogP contribution is -2.30. The molecule has 0 heterocycles. The molecule has 1 rings (SSSR count). The Labute approximate surface area is 99.2 Å². The number of nitrogens with one attached hydrogen (secondary N) is 1. The van der Waals surface area contributed by atoms with Crippen LogP contribution in [0.15, 0.2) is 0 Å². The molecular formula is C13H26N2O. The molecule has 0 aromatic rings. The number of rotatable bonds is 5. The van der Waals surface area contributed by atoms with E-state index in [2.05, 4.69) is 19.2 Å². The average molecular weight is 226 g/mol. The maximum absolute atomic E-state index is 11.6. The molecule has 1 saturated carbocycles. The van der Waals surface area contributed by atoms with Crippen LogP contribution in [-0.2, 0) is 4.79 Å². The van der Waals surface area contributed by atoms with Gasteiger partial charge in [-0.2, -0.15) is 0 Å². The lowest BCUT2D eigenvalue weighted by atomic mass is 9.80. The molecule has 0 atom stereocenters. The number of nitrogens with two attached hydrogens (primary N) is 1. The summed E-state index contributed by atoms with van der Waals surface area (Å²) in [5.74, 6) is 2.06. The maximum atomic E-state index is 11.6. The van der Waals surface area contributed by atoms with Gasteiger partial charge >= 0.3 is 0 Å². The van der Waals surface area contributed by atoms with Gasteiger partial charge in [0, 0.05) is 13.0 Å². The molecule has 3 nitrogen and oxygen atoms in total. The molecular weight excluding hydrogens is 200 g/mol. The van der Waals surface area contributed by atoms with Gasteiger partial charge in [-0.3, -0.25) is 4.79 Å². The van der Waals surface area contributed by atoms with Gasteiger partial charge in [0.2, 0.25) is 5.91 Å². The summed E-state index contributed by atoms with van der Waals surface area (Å²) >= 11 is 0. The molecule has 1 aliphatic rings. The number of hydrogen-bond donors (Lipinski definition) is 2. The summed E-state index contributed by atoms with van der Waals surface area (Å²) in [6.45, 7) is 5.85. The molecule has 1 amide bonds. The van der Waals surface area contributed by atoms with Crippen LogP contribution in [0.25, 0.3) is 0 Å². The molecule has 0 radical (unpaired) electrons. The van der Waals surface area contributed by atoms with Crippen LogP contribution in [0.5, 0.6) is 0 Å². The highest BCUT2D eigenvalue weighted by Crippen LogP contribution is 2.29. The number of amides is 1. The third-order valence-corrected chi connectivity index (χ3v) is 3.48. The van der Waals surface area contributed by atoms with Crippen LogP contribution in [0.4, 0.5) is 0 Å². The highest BCUT2D eigenvalue weighted by atomic mass is 16.1. The first kappa shape index (κ1) is 13.5. The molecule has 1 aliphatic carbocycles. The topological polar surface area (TPSA) is 55.1 Å². The third-order valence-electron chi connectivity index (χ3n) is 3.48. The smallest absolute Gasteiger partial charge is 0.220 e. The van der Waals surface area contributed by atoms with E-state index in [1.807, 2.05) is 0 Å². The summed E-state index contributed by atoms with van der Waals surface area (Å²) < 4.78 is 0. The second-order valence-corrected chi connectivity index (χ2v) is 5.52. The number of carbonyl (C=O) groups excluding carboxylic acids is 1. The molecule has 0 spiro atoms. The minimum Gasteiger partial charge on any atom is -0.356 e. The van der Waals surface area contributed by atoms with Crippen molar-refractivity contribution in [3.05, 3.63) is 0 Å². The zero-order valence-electron chi connectivity index (χ0n) is 10.7. The van der Waals surface area contributed by atoms with Crippen LogP contribution >= 0.6 is 0 Å². The van der Waals surface area contributed by atoms with Crippen LogP contribution in [-0.4, -0.2) is 19.0 Å². The minimum atomic E-state index is 0.227. The highest BCUT2D eigenvalue weighted by Gasteiger charge is 2.22. The fraction of sp³-hybridized carbons (Fsp3) is 0.923. The van der Waals surface area contributed by atoms with Gasteiger partial charge in [0.1, 0.15) is 0 Å². The Hall–Kier alpha value is -0.570. The van der Waals surface area contributed by atoms with Gasteiger partial charge in [0.05, 0.1) is 0 Å². The van der Waals surface area contributed by atoms with E-state index < -0.39 is 0 Å². The van der Waals surface area contributed by atoms with E-state index in [9.17, 15) is 4.79 Å². The zero-order chi connectivity index (χ0) is 12.0. The van der Waals surface area contributed by atoms with Crippen molar-refractivity contribution in [2.24, 2.45) is 23.5 Å². The molecule has 0 unspecified atom stereocenters. The first-order chi connectivity index (χ1) is 7.61. The SMILES string of the molecule is CC(C)CNC(=O)CC1CCC(CN)CC1. The van der Waals surface area contributed by atoms with E-state index in [0.717, 1.165) is 13.1 Å². The molecule has 0 bridgehead atoms. The average Bonchev–Trinajstić information content (AvgIpc) is 2.27. The number of hydrogen-bond acceptors (Lipinski definition) is 2. The Morgan fingerprint density at radius 3 is 2.31 bits per heavy atom. The first-order valence-electron chi connectivity index (χ1n) is 6.58. The van der Waals surface area contributed by atoms with Crippen LogP contribution in [0.1, 0.15) is 46.0 Å². The molecule has 94 valence electrons. The second-order valence-electron chi connectivity index (χ2n) is 5.52. The molecule has 0 saturated heterocycles. The molecule has 3 heteroatoms. The fourth-order valence-corrected chi connectivity index (χ4v) is 2.32. The van der Waals surface area contributed by atoms with Gasteiger partial charge in [-0.25, -0.2) is 0 Å². The Morgan fingerprint density at radius 2 is 1.81 bits per heavy atom. The molecule has 3 N–H and O–H groups in total. The van der Waals surface area contributed by atoms with Gasteiger partial charge in [-0.1, -0.05) is 13.8 Å². The van der Waals surface area contributed by atoms with Crippen molar-refractivity contribution in [1.82, 2.24) is 5.32 Å². The van der Waals surface area contributed by atoms with E-state index in [4.69, 9.17) is 5.73 Å². The van der Waals surface area contributed by atoms with E-state index in [-0.39, 0.29) is 5.91 Å². The Balaban J connectivity index is 2.15. The lowest BCUT2D eigenvalue weighted by Gasteiger charge is -2.27. The van der Waals surface area contributed by atoms with Crippen LogP contribution in [0, 0.1) is 17.8 Å². The number of carbonyl (C=O) groups is 1. The maximum Gasteiger partial charge on any atom is 0.220 e. The third kappa shape index (κ3) is 4.97. The zero-order valence-corrected chi connectivity index (χ0v) is 10.7.